The van der Waals surface area contributed by atoms with Gasteiger partial charge in [0, 0.05) is 7.11 Å². The minimum atomic E-state index is -0.399. The maximum atomic E-state index is 5.53. The lowest BCUT2D eigenvalue weighted by Crippen LogP contribution is -2.13. The van der Waals surface area contributed by atoms with E-state index < -0.39 is 6.10 Å². The van der Waals surface area contributed by atoms with Crippen LogP contribution in [0.5, 0.6) is 0 Å². The summed E-state index contributed by atoms with van der Waals surface area (Å²) in [6, 6.07) is 9.59. The van der Waals surface area contributed by atoms with Crippen LogP contribution in [0.15, 0.2) is 30.3 Å². The van der Waals surface area contributed by atoms with Crippen LogP contribution < -0.4 is 11.5 Å². The molecule has 0 amide bonds. The Labute approximate surface area is 98.7 Å². The van der Waals surface area contributed by atoms with Gasteiger partial charge in [-0.15, -0.1) is 0 Å². The molecule has 0 saturated carbocycles. The molecule has 4 N–H and O–H groups in total. The summed E-state index contributed by atoms with van der Waals surface area (Å²) in [6.45, 7) is 0. The van der Waals surface area contributed by atoms with Gasteiger partial charge in [0.25, 0.3) is 0 Å². The van der Waals surface area contributed by atoms with E-state index in [2.05, 4.69) is 15.0 Å². The Hall–Kier alpha value is -2.21. The third kappa shape index (κ3) is 2.48. The second-order valence-corrected chi connectivity index (χ2v) is 3.44. The van der Waals surface area contributed by atoms with E-state index in [0.29, 0.717) is 5.82 Å². The van der Waals surface area contributed by atoms with Crippen molar-refractivity contribution in [2.24, 2.45) is 0 Å². The first-order chi connectivity index (χ1) is 8.20. The summed E-state index contributed by atoms with van der Waals surface area (Å²) < 4.78 is 5.37. The third-order valence-electron chi connectivity index (χ3n) is 2.26. The van der Waals surface area contributed by atoms with E-state index in [1.54, 1.807) is 7.11 Å². The van der Waals surface area contributed by atoms with Crippen molar-refractivity contribution in [3.8, 4) is 0 Å². The average Bonchev–Trinajstić information content (AvgIpc) is 2.30. The lowest BCUT2D eigenvalue weighted by Gasteiger charge is -2.14. The molecule has 0 spiro atoms. The summed E-state index contributed by atoms with van der Waals surface area (Å²) >= 11 is 0. The van der Waals surface area contributed by atoms with Crippen molar-refractivity contribution in [2.75, 3.05) is 18.6 Å². The predicted octanol–water partition coefficient (Wildman–Crippen LogP) is 0.772. The van der Waals surface area contributed by atoms with Gasteiger partial charge in [-0.1, -0.05) is 30.3 Å². The van der Waals surface area contributed by atoms with E-state index in [1.807, 2.05) is 30.3 Å². The Morgan fingerprint density at radius 2 is 1.59 bits per heavy atom. The van der Waals surface area contributed by atoms with Crippen LogP contribution in [0.25, 0.3) is 0 Å². The summed E-state index contributed by atoms with van der Waals surface area (Å²) in [6.07, 6.45) is -0.399. The number of hydrogen-bond donors (Lipinski definition) is 2. The molecule has 1 aromatic heterocycles. The summed E-state index contributed by atoms with van der Waals surface area (Å²) in [7, 11) is 1.58. The van der Waals surface area contributed by atoms with Crippen molar-refractivity contribution in [3.05, 3.63) is 41.7 Å². The molecule has 0 aliphatic carbocycles. The molecule has 0 aliphatic rings. The van der Waals surface area contributed by atoms with Gasteiger partial charge >= 0.3 is 0 Å². The molecule has 2 aromatic rings. The Balaban J connectivity index is 2.42. The summed E-state index contributed by atoms with van der Waals surface area (Å²) in [5.74, 6) is 0.583. The fraction of sp³-hybridized carbons (Fsp3) is 0.182. The van der Waals surface area contributed by atoms with Gasteiger partial charge in [0.1, 0.15) is 6.10 Å². The van der Waals surface area contributed by atoms with E-state index in [0.717, 1.165) is 5.56 Å². The first-order valence-corrected chi connectivity index (χ1v) is 5.05. The molecular weight excluding hydrogens is 218 g/mol. The molecule has 0 saturated heterocycles. The molecule has 6 heteroatoms. The van der Waals surface area contributed by atoms with Crippen LogP contribution in [-0.2, 0) is 4.74 Å². The number of aromatic nitrogens is 3. The average molecular weight is 231 g/mol. The van der Waals surface area contributed by atoms with Gasteiger partial charge in [0.15, 0.2) is 5.82 Å². The minimum absolute atomic E-state index is 0.0884. The predicted molar refractivity (Wildman–Crippen MR) is 63.9 cm³/mol. The molecule has 88 valence electrons. The first-order valence-electron chi connectivity index (χ1n) is 5.05. The number of ether oxygens (including phenoxy) is 1. The van der Waals surface area contributed by atoms with Gasteiger partial charge in [-0.3, -0.25) is 0 Å². The summed E-state index contributed by atoms with van der Waals surface area (Å²) in [5.41, 5.74) is 12.0. The van der Waals surface area contributed by atoms with Crippen LogP contribution in [-0.4, -0.2) is 22.1 Å². The van der Waals surface area contributed by atoms with Crippen LogP contribution in [0, 0.1) is 0 Å². The van der Waals surface area contributed by atoms with Crippen LogP contribution in [0.4, 0.5) is 11.9 Å². The van der Waals surface area contributed by atoms with E-state index in [1.165, 1.54) is 0 Å². The molecule has 17 heavy (non-hydrogen) atoms. The number of anilines is 2. The number of hydrogen-bond acceptors (Lipinski definition) is 6. The van der Waals surface area contributed by atoms with Gasteiger partial charge in [-0.05, 0) is 5.56 Å². The van der Waals surface area contributed by atoms with E-state index in [4.69, 9.17) is 16.2 Å². The first kappa shape index (κ1) is 11.3. The van der Waals surface area contributed by atoms with Crippen molar-refractivity contribution < 1.29 is 4.74 Å². The van der Waals surface area contributed by atoms with Crippen molar-refractivity contribution in [1.82, 2.24) is 15.0 Å². The van der Waals surface area contributed by atoms with Crippen LogP contribution in [0.2, 0.25) is 0 Å². The Kier molecular flexibility index (Phi) is 3.15. The molecule has 1 aromatic carbocycles. The molecule has 2 rings (SSSR count). The highest BCUT2D eigenvalue weighted by molar-refractivity contribution is 5.30. The quantitative estimate of drug-likeness (QED) is 0.809. The topological polar surface area (TPSA) is 99.9 Å². The number of nitrogens with zero attached hydrogens (tertiary/aromatic N) is 3. The SMILES string of the molecule is COC(c1ccccc1)c1nc(N)nc(N)n1. The molecular formula is C11H13N5O. The minimum Gasteiger partial charge on any atom is -0.369 e. The molecule has 0 aliphatic heterocycles. The van der Waals surface area contributed by atoms with E-state index >= 15 is 0 Å². The van der Waals surface area contributed by atoms with Gasteiger partial charge in [-0.2, -0.15) is 15.0 Å². The number of benzene rings is 1. The van der Waals surface area contributed by atoms with Crippen molar-refractivity contribution in [1.29, 1.82) is 0 Å². The summed E-state index contributed by atoms with van der Waals surface area (Å²) in [5, 5.41) is 0. The van der Waals surface area contributed by atoms with Gasteiger partial charge in [-0.25, -0.2) is 0 Å². The molecule has 6 nitrogen and oxygen atoms in total. The fourth-order valence-corrected chi connectivity index (χ4v) is 1.56. The zero-order valence-corrected chi connectivity index (χ0v) is 9.37. The number of nitrogen functional groups attached to an aromatic ring is 2. The number of methoxy groups -OCH3 is 1. The van der Waals surface area contributed by atoms with Crippen LogP contribution in [0.1, 0.15) is 17.5 Å². The van der Waals surface area contributed by atoms with E-state index in [-0.39, 0.29) is 11.9 Å². The Morgan fingerprint density at radius 1 is 1.00 bits per heavy atom. The third-order valence-corrected chi connectivity index (χ3v) is 2.26. The summed E-state index contributed by atoms with van der Waals surface area (Å²) in [4.78, 5) is 11.8. The molecule has 0 fully saturated rings. The lowest BCUT2D eigenvalue weighted by atomic mass is 10.1. The van der Waals surface area contributed by atoms with Crippen LogP contribution in [0.3, 0.4) is 0 Å². The van der Waals surface area contributed by atoms with Gasteiger partial charge < -0.3 is 16.2 Å². The van der Waals surface area contributed by atoms with Crippen LogP contribution >= 0.6 is 0 Å². The maximum absolute atomic E-state index is 5.53. The molecule has 1 unspecified atom stereocenters. The lowest BCUT2D eigenvalue weighted by molar-refractivity contribution is 0.129. The molecule has 1 atom stereocenters. The molecule has 0 bridgehead atoms. The molecule has 1 heterocycles. The molecule has 0 radical (unpaired) electrons. The monoisotopic (exact) mass is 231 g/mol. The highest BCUT2D eigenvalue weighted by Gasteiger charge is 2.17. The zero-order chi connectivity index (χ0) is 12.3. The van der Waals surface area contributed by atoms with Gasteiger partial charge in [0.05, 0.1) is 0 Å². The van der Waals surface area contributed by atoms with Gasteiger partial charge in [0.2, 0.25) is 11.9 Å². The second-order valence-electron chi connectivity index (χ2n) is 3.44. The number of rotatable bonds is 3. The fourth-order valence-electron chi connectivity index (χ4n) is 1.56. The second kappa shape index (κ2) is 4.75. The maximum Gasteiger partial charge on any atom is 0.225 e. The highest BCUT2D eigenvalue weighted by atomic mass is 16.5. The zero-order valence-electron chi connectivity index (χ0n) is 9.37. The standard InChI is InChI=1S/C11H13N5O/c1-17-8(7-5-3-2-4-6-7)9-14-10(12)16-11(13)15-9/h2-6,8H,1H3,(H4,12,13,14,15,16). The smallest absolute Gasteiger partial charge is 0.225 e. The number of nitrogens with two attached hydrogens (primary N) is 2. The normalized spacial score (nSPS) is 12.3. The van der Waals surface area contributed by atoms with Crippen molar-refractivity contribution >= 4 is 11.9 Å². The van der Waals surface area contributed by atoms with E-state index in [9.17, 15) is 0 Å². The Bertz CT molecular complexity index is 482. The van der Waals surface area contributed by atoms with Crippen molar-refractivity contribution in [3.63, 3.8) is 0 Å². The van der Waals surface area contributed by atoms with Crippen molar-refractivity contribution in [2.45, 2.75) is 6.10 Å². The largest absolute Gasteiger partial charge is 0.369 e. The Morgan fingerprint density at radius 3 is 2.12 bits per heavy atom. The highest BCUT2D eigenvalue weighted by Crippen LogP contribution is 2.22.